The lowest BCUT2D eigenvalue weighted by atomic mass is 10.2. The lowest BCUT2D eigenvalue weighted by Gasteiger charge is -2.16. The fraction of sp³-hybridized carbons (Fsp3) is 0.188. The van der Waals surface area contributed by atoms with Gasteiger partial charge in [0.15, 0.2) is 0 Å². The highest BCUT2D eigenvalue weighted by Gasteiger charge is 2.21. The maximum atomic E-state index is 13.8. The predicted octanol–water partition coefficient (Wildman–Crippen LogP) is 3.97. The van der Waals surface area contributed by atoms with E-state index in [4.69, 9.17) is 11.6 Å². The molecule has 2 N–H and O–H groups in total. The van der Waals surface area contributed by atoms with Crippen LogP contribution in [0.2, 0.25) is 5.02 Å². The average Bonchev–Trinajstić information content (AvgIpc) is 2.56. The Morgan fingerprint density at radius 1 is 1.20 bits per heavy atom. The maximum absolute atomic E-state index is 13.8. The van der Waals surface area contributed by atoms with Gasteiger partial charge in [0.05, 0.1) is 16.6 Å². The molecule has 1 atom stereocenters. The Bertz CT molecular complexity index is 891. The summed E-state index contributed by atoms with van der Waals surface area (Å²) in [5, 5.41) is 2.61. The summed E-state index contributed by atoms with van der Waals surface area (Å²) in [5.74, 6) is -1.17. The molecule has 9 heteroatoms. The second-order valence-corrected chi connectivity index (χ2v) is 8.36. The van der Waals surface area contributed by atoms with Crippen molar-refractivity contribution in [1.82, 2.24) is 0 Å². The number of nitrogens with one attached hydrogen (secondary N) is 2. The number of carbonyl (C=O) groups excluding carboxylic acids is 1. The van der Waals surface area contributed by atoms with E-state index in [1.807, 2.05) is 0 Å². The number of rotatable bonds is 6. The van der Waals surface area contributed by atoms with Gasteiger partial charge in [-0.15, -0.1) is 0 Å². The summed E-state index contributed by atoms with van der Waals surface area (Å²) in [7, 11) is -4.17. The van der Waals surface area contributed by atoms with Crippen LogP contribution in [0.15, 0.2) is 47.4 Å². The quantitative estimate of drug-likeness (QED) is 0.766. The number of benzene rings is 2. The highest BCUT2D eigenvalue weighted by Crippen LogP contribution is 2.29. The van der Waals surface area contributed by atoms with E-state index in [2.05, 4.69) is 10.0 Å². The molecule has 5 nitrogen and oxygen atoms in total. The van der Waals surface area contributed by atoms with Gasteiger partial charge in [0.2, 0.25) is 5.91 Å². The van der Waals surface area contributed by atoms with Crippen LogP contribution in [-0.2, 0) is 14.8 Å². The largest absolute Gasteiger partial charge is 0.323 e. The molecule has 0 aliphatic rings. The molecule has 1 unspecified atom stereocenters. The van der Waals surface area contributed by atoms with E-state index in [0.29, 0.717) is 5.02 Å². The number of sulfonamides is 1. The van der Waals surface area contributed by atoms with Crippen molar-refractivity contribution in [2.24, 2.45) is 0 Å². The second-order valence-electron chi connectivity index (χ2n) is 5.09. The first-order chi connectivity index (χ1) is 11.7. The van der Waals surface area contributed by atoms with Gasteiger partial charge < -0.3 is 5.32 Å². The van der Waals surface area contributed by atoms with Crippen LogP contribution in [0.1, 0.15) is 6.92 Å². The molecule has 0 aliphatic heterocycles. The van der Waals surface area contributed by atoms with E-state index in [0.717, 1.165) is 12.1 Å². The smallest absolute Gasteiger partial charge is 0.264 e. The van der Waals surface area contributed by atoms with Gasteiger partial charge in [0.1, 0.15) is 10.7 Å². The highest BCUT2D eigenvalue weighted by atomic mass is 35.5. The highest BCUT2D eigenvalue weighted by molar-refractivity contribution is 7.99. The lowest BCUT2D eigenvalue weighted by Crippen LogP contribution is -2.23. The Kier molecular flexibility index (Phi) is 6.31. The Hall–Kier alpha value is -1.77. The first-order valence-corrected chi connectivity index (χ1v) is 10.3. The van der Waals surface area contributed by atoms with Gasteiger partial charge in [0, 0.05) is 5.02 Å². The summed E-state index contributed by atoms with van der Waals surface area (Å²) < 4.78 is 41.0. The van der Waals surface area contributed by atoms with Crippen molar-refractivity contribution in [1.29, 1.82) is 0 Å². The summed E-state index contributed by atoms with van der Waals surface area (Å²) in [5.41, 5.74) is 0.285. The van der Waals surface area contributed by atoms with Crippen molar-refractivity contribution in [3.63, 3.8) is 0 Å². The zero-order chi connectivity index (χ0) is 18.6. The average molecular weight is 403 g/mol. The standard InChI is InChI=1S/C16H16ClFN2O3S2/c1-10(24-2)16(21)19-14-9-11(17)7-8-13(14)20-25(22,23)15-6-4-3-5-12(15)18/h3-10,20H,1-2H3,(H,19,21). The van der Waals surface area contributed by atoms with E-state index >= 15 is 0 Å². The van der Waals surface area contributed by atoms with Crippen molar-refractivity contribution in [2.45, 2.75) is 17.1 Å². The van der Waals surface area contributed by atoms with E-state index in [1.165, 1.54) is 42.1 Å². The van der Waals surface area contributed by atoms with Crippen molar-refractivity contribution < 1.29 is 17.6 Å². The number of halogens is 2. The fourth-order valence-electron chi connectivity index (χ4n) is 1.91. The van der Waals surface area contributed by atoms with Gasteiger partial charge in [-0.2, -0.15) is 11.8 Å². The van der Waals surface area contributed by atoms with E-state index < -0.39 is 20.7 Å². The molecule has 1 amide bonds. The molecular formula is C16H16ClFN2O3S2. The predicted molar refractivity (Wildman–Crippen MR) is 100 cm³/mol. The van der Waals surface area contributed by atoms with E-state index in [-0.39, 0.29) is 22.5 Å². The first-order valence-electron chi connectivity index (χ1n) is 7.15. The minimum Gasteiger partial charge on any atom is -0.323 e. The summed E-state index contributed by atoms with van der Waals surface area (Å²) in [6.07, 6.45) is 1.78. The number of hydrogen-bond donors (Lipinski definition) is 2. The van der Waals surface area contributed by atoms with Gasteiger partial charge in [0.25, 0.3) is 10.0 Å². The third-order valence-corrected chi connectivity index (χ3v) is 5.89. The molecule has 0 heterocycles. The Morgan fingerprint density at radius 2 is 1.88 bits per heavy atom. The van der Waals surface area contributed by atoms with Crippen LogP contribution in [0.25, 0.3) is 0 Å². The molecule has 0 aromatic heterocycles. The number of anilines is 2. The molecular weight excluding hydrogens is 387 g/mol. The molecule has 0 saturated carbocycles. The number of thioether (sulfide) groups is 1. The van der Waals surface area contributed by atoms with Gasteiger partial charge in [-0.3, -0.25) is 9.52 Å². The molecule has 0 aliphatic carbocycles. The van der Waals surface area contributed by atoms with Crippen LogP contribution in [0.4, 0.5) is 15.8 Å². The Balaban J connectivity index is 2.37. The summed E-state index contributed by atoms with van der Waals surface area (Å²) >= 11 is 7.27. The van der Waals surface area contributed by atoms with Crippen molar-refractivity contribution >= 4 is 50.7 Å². The minimum absolute atomic E-state index is 0.0920. The fourth-order valence-corrected chi connectivity index (χ4v) is 3.52. The van der Waals surface area contributed by atoms with Gasteiger partial charge in [-0.25, -0.2) is 12.8 Å². The van der Waals surface area contributed by atoms with Crippen LogP contribution in [0, 0.1) is 5.82 Å². The molecule has 0 saturated heterocycles. The normalized spacial score (nSPS) is 12.5. The van der Waals surface area contributed by atoms with Crippen LogP contribution < -0.4 is 10.0 Å². The first kappa shape index (κ1) is 19.6. The number of carbonyl (C=O) groups is 1. The van der Waals surface area contributed by atoms with E-state index in [1.54, 1.807) is 13.2 Å². The Labute approximate surface area is 155 Å². The molecule has 0 fully saturated rings. The molecule has 0 radical (unpaired) electrons. The minimum atomic E-state index is -4.17. The summed E-state index contributed by atoms with van der Waals surface area (Å²) in [6.45, 7) is 1.72. The van der Waals surface area contributed by atoms with Crippen LogP contribution in [0.5, 0.6) is 0 Å². The van der Waals surface area contributed by atoms with Gasteiger partial charge >= 0.3 is 0 Å². The molecule has 134 valence electrons. The molecule has 0 spiro atoms. The maximum Gasteiger partial charge on any atom is 0.264 e. The molecule has 2 aromatic rings. The summed E-state index contributed by atoms with van der Waals surface area (Å²) in [4.78, 5) is 11.6. The lowest BCUT2D eigenvalue weighted by molar-refractivity contribution is -0.115. The molecule has 25 heavy (non-hydrogen) atoms. The van der Waals surface area contributed by atoms with Gasteiger partial charge in [-0.1, -0.05) is 23.7 Å². The zero-order valence-electron chi connectivity index (χ0n) is 13.4. The third-order valence-electron chi connectivity index (χ3n) is 3.33. The summed E-state index contributed by atoms with van der Waals surface area (Å²) in [6, 6.07) is 9.32. The van der Waals surface area contributed by atoms with Crippen LogP contribution in [0.3, 0.4) is 0 Å². The van der Waals surface area contributed by atoms with E-state index in [9.17, 15) is 17.6 Å². The van der Waals surface area contributed by atoms with Crippen molar-refractivity contribution in [3.05, 3.63) is 53.3 Å². The molecule has 0 bridgehead atoms. The monoisotopic (exact) mass is 402 g/mol. The Morgan fingerprint density at radius 3 is 2.52 bits per heavy atom. The SMILES string of the molecule is CSC(C)C(=O)Nc1cc(Cl)ccc1NS(=O)(=O)c1ccccc1F. The van der Waals surface area contributed by atoms with Crippen LogP contribution in [-0.4, -0.2) is 25.8 Å². The zero-order valence-corrected chi connectivity index (χ0v) is 15.8. The van der Waals surface area contributed by atoms with Crippen molar-refractivity contribution in [3.8, 4) is 0 Å². The molecule has 2 rings (SSSR count). The second kappa shape index (κ2) is 8.07. The van der Waals surface area contributed by atoms with Gasteiger partial charge in [-0.05, 0) is 43.5 Å². The number of hydrogen-bond acceptors (Lipinski definition) is 4. The molecule has 2 aromatic carbocycles. The third kappa shape index (κ3) is 4.87. The van der Waals surface area contributed by atoms with Crippen LogP contribution >= 0.6 is 23.4 Å². The number of amides is 1. The van der Waals surface area contributed by atoms with Crippen molar-refractivity contribution in [2.75, 3.05) is 16.3 Å². The topological polar surface area (TPSA) is 75.3 Å².